The number of rotatable bonds is 5. The molecule has 1 unspecified atom stereocenters. The van der Waals surface area contributed by atoms with Crippen molar-refractivity contribution in [1.82, 2.24) is 0 Å². The van der Waals surface area contributed by atoms with Crippen molar-refractivity contribution >= 4 is 23.5 Å². The highest BCUT2D eigenvalue weighted by Crippen LogP contribution is 2.19. The Bertz CT molecular complexity index is 545. The van der Waals surface area contributed by atoms with Crippen LogP contribution in [0.3, 0.4) is 0 Å². The summed E-state index contributed by atoms with van der Waals surface area (Å²) in [6, 6.07) is 3.49. The second kappa shape index (κ2) is 6.36. The average molecular weight is 293 g/mol. The van der Waals surface area contributed by atoms with E-state index in [0.29, 0.717) is 6.61 Å². The maximum atomic E-state index is 11.8. The van der Waals surface area contributed by atoms with Gasteiger partial charge in [0.05, 0.1) is 23.7 Å². The molecule has 7 heteroatoms. The molecule has 1 aliphatic heterocycles. The lowest BCUT2D eigenvalue weighted by Crippen LogP contribution is -2.19. The van der Waals surface area contributed by atoms with Crippen molar-refractivity contribution in [2.75, 3.05) is 11.9 Å². The number of carbonyl (C=O) groups is 3. The van der Waals surface area contributed by atoms with Crippen molar-refractivity contribution < 1.29 is 29.3 Å². The molecule has 112 valence electrons. The molecule has 1 fully saturated rings. The van der Waals surface area contributed by atoms with E-state index < -0.39 is 11.9 Å². The van der Waals surface area contributed by atoms with Crippen LogP contribution in [0.2, 0.25) is 0 Å². The molecule has 1 saturated heterocycles. The summed E-state index contributed by atoms with van der Waals surface area (Å²) in [5, 5.41) is 20.4. The Labute approximate surface area is 120 Å². The minimum Gasteiger partial charge on any atom is -0.478 e. The van der Waals surface area contributed by atoms with Gasteiger partial charge in [0.2, 0.25) is 5.91 Å². The van der Waals surface area contributed by atoms with E-state index >= 15 is 0 Å². The number of aromatic carboxylic acids is 2. The number of hydrogen-bond acceptors (Lipinski definition) is 4. The second-order valence-electron chi connectivity index (χ2n) is 4.80. The molecular formula is C14H15NO6. The van der Waals surface area contributed by atoms with Gasteiger partial charge in [-0.25, -0.2) is 9.59 Å². The van der Waals surface area contributed by atoms with Gasteiger partial charge < -0.3 is 20.3 Å². The fourth-order valence-electron chi connectivity index (χ4n) is 2.17. The summed E-state index contributed by atoms with van der Waals surface area (Å²) in [5.74, 6) is -2.85. The smallest absolute Gasteiger partial charge is 0.335 e. The molecule has 7 nitrogen and oxygen atoms in total. The van der Waals surface area contributed by atoms with Crippen LogP contribution in [0.15, 0.2) is 18.2 Å². The van der Waals surface area contributed by atoms with Crippen molar-refractivity contribution in [3.8, 4) is 0 Å². The number of nitrogens with one attached hydrogen (secondary N) is 1. The summed E-state index contributed by atoms with van der Waals surface area (Å²) in [6.45, 7) is 0.635. The van der Waals surface area contributed by atoms with Crippen LogP contribution in [0.4, 0.5) is 5.69 Å². The molecule has 3 N–H and O–H groups in total. The van der Waals surface area contributed by atoms with Crippen LogP contribution in [0.1, 0.15) is 40.0 Å². The number of benzene rings is 1. The van der Waals surface area contributed by atoms with Gasteiger partial charge in [0.15, 0.2) is 0 Å². The SMILES string of the molecule is O=C(CC1CCCO1)Nc1cc(C(=O)O)cc(C(=O)O)c1. The second-order valence-corrected chi connectivity index (χ2v) is 4.80. The maximum Gasteiger partial charge on any atom is 0.335 e. The molecule has 1 atom stereocenters. The van der Waals surface area contributed by atoms with Crippen molar-refractivity contribution in [2.45, 2.75) is 25.4 Å². The van der Waals surface area contributed by atoms with Crippen LogP contribution in [0.5, 0.6) is 0 Å². The maximum absolute atomic E-state index is 11.8. The number of carboxylic acid groups (broad SMARTS) is 2. The summed E-state index contributed by atoms with van der Waals surface area (Å²) in [5.41, 5.74) is -0.236. The zero-order chi connectivity index (χ0) is 15.4. The Balaban J connectivity index is 2.12. The number of carboxylic acids is 2. The molecule has 2 rings (SSSR count). The van der Waals surface area contributed by atoms with Gasteiger partial charge in [-0.05, 0) is 31.0 Å². The van der Waals surface area contributed by atoms with E-state index in [1.165, 1.54) is 12.1 Å². The summed E-state index contributed by atoms with van der Waals surface area (Å²) < 4.78 is 5.34. The first kappa shape index (κ1) is 15.0. The van der Waals surface area contributed by atoms with E-state index in [1.54, 1.807) is 0 Å². The summed E-state index contributed by atoms with van der Waals surface area (Å²) in [7, 11) is 0. The molecule has 0 spiro atoms. The lowest BCUT2D eigenvalue weighted by Gasteiger charge is -2.11. The van der Waals surface area contributed by atoms with Gasteiger partial charge in [-0.3, -0.25) is 4.79 Å². The first-order valence-electron chi connectivity index (χ1n) is 6.49. The lowest BCUT2D eigenvalue weighted by molar-refractivity contribution is -0.118. The number of hydrogen-bond donors (Lipinski definition) is 3. The minimum atomic E-state index is -1.26. The zero-order valence-corrected chi connectivity index (χ0v) is 11.2. The van der Waals surface area contributed by atoms with Crippen LogP contribution in [-0.2, 0) is 9.53 Å². The highest BCUT2D eigenvalue weighted by atomic mass is 16.5. The summed E-state index contributed by atoms with van der Waals surface area (Å²) >= 11 is 0. The van der Waals surface area contributed by atoms with E-state index in [4.69, 9.17) is 14.9 Å². The van der Waals surface area contributed by atoms with Gasteiger partial charge in [0.25, 0.3) is 0 Å². The number of anilines is 1. The Morgan fingerprint density at radius 1 is 1.14 bits per heavy atom. The normalized spacial score (nSPS) is 17.4. The Kier molecular flexibility index (Phi) is 4.54. The van der Waals surface area contributed by atoms with Crippen molar-refractivity contribution in [3.05, 3.63) is 29.3 Å². The Morgan fingerprint density at radius 3 is 2.24 bits per heavy atom. The molecule has 0 aromatic heterocycles. The van der Waals surface area contributed by atoms with Gasteiger partial charge in [0, 0.05) is 12.3 Å². The van der Waals surface area contributed by atoms with Crippen LogP contribution < -0.4 is 5.32 Å². The largest absolute Gasteiger partial charge is 0.478 e. The molecule has 0 aliphatic carbocycles. The molecule has 0 radical (unpaired) electrons. The molecule has 21 heavy (non-hydrogen) atoms. The van der Waals surface area contributed by atoms with Crippen molar-refractivity contribution in [1.29, 1.82) is 0 Å². The van der Waals surface area contributed by atoms with E-state index in [0.717, 1.165) is 18.9 Å². The van der Waals surface area contributed by atoms with E-state index in [-0.39, 0.29) is 35.2 Å². The molecular weight excluding hydrogens is 278 g/mol. The third-order valence-corrected chi connectivity index (χ3v) is 3.15. The number of amides is 1. The van der Waals surface area contributed by atoms with Crippen molar-refractivity contribution in [3.63, 3.8) is 0 Å². The zero-order valence-electron chi connectivity index (χ0n) is 11.2. The van der Waals surface area contributed by atoms with Gasteiger partial charge in [-0.2, -0.15) is 0 Å². The van der Waals surface area contributed by atoms with Gasteiger partial charge >= 0.3 is 11.9 Å². The molecule has 1 aromatic carbocycles. The lowest BCUT2D eigenvalue weighted by atomic mass is 10.1. The number of ether oxygens (including phenoxy) is 1. The number of carbonyl (C=O) groups excluding carboxylic acids is 1. The van der Waals surface area contributed by atoms with Gasteiger partial charge in [-0.15, -0.1) is 0 Å². The minimum absolute atomic E-state index is 0.133. The van der Waals surface area contributed by atoms with Crippen molar-refractivity contribution in [2.24, 2.45) is 0 Å². The van der Waals surface area contributed by atoms with Gasteiger partial charge in [0.1, 0.15) is 0 Å². The third-order valence-electron chi connectivity index (χ3n) is 3.15. The summed E-state index contributed by atoms with van der Waals surface area (Å²) in [6.07, 6.45) is 1.75. The van der Waals surface area contributed by atoms with Gasteiger partial charge in [-0.1, -0.05) is 0 Å². The monoisotopic (exact) mass is 293 g/mol. The molecule has 0 bridgehead atoms. The van der Waals surface area contributed by atoms with E-state index in [1.807, 2.05) is 0 Å². The standard InChI is InChI=1S/C14H15NO6/c16-12(7-11-2-1-3-21-11)15-10-5-8(13(17)18)4-9(6-10)14(19)20/h4-6,11H,1-3,7H2,(H,15,16)(H,17,18)(H,19,20). The average Bonchev–Trinajstić information content (AvgIpc) is 2.90. The molecule has 1 aromatic rings. The highest BCUT2D eigenvalue weighted by Gasteiger charge is 2.20. The molecule has 1 amide bonds. The fourth-order valence-corrected chi connectivity index (χ4v) is 2.17. The first-order chi connectivity index (χ1) is 9.95. The fraction of sp³-hybridized carbons (Fsp3) is 0.357. The predicted molar refractivity (Wildman–Crippen MR) is 72.6 cm³/mol. The van der Waals surface area contributed by atoms with E-state index in [9.17, 15) is 14.4 Å². The Hall–Kier alpha value is -2.41. The highest BCUT2D eigenvalue weighted by molar-refractivity contribution is 5.98. The quantitative estimate of drug-likeness (QED) is 0.759. The van der Waals surface area contributed by atoms with Crippen LogP contribution >= 0.6 is 0 Å². The van der Waals surface area contributed by atoms with E-state index in [2.05, 4.69) is 5.32 Å². The third kappa shape index (κ3) is 4.03. The predicted octanol–water partition coefficient (Wildman–Crippen LogP) is 1.59. The first-order valence-corrected chi connectivity index (χ1v) is 6.49. The van der Waals surface area contributed by atoms with Crippen LogP contribution in [0, 0.1) is 0 Å². The molecule has 0 saturated carbocycles. The summed E-state index contributed by atoms with van der Waals surface area (Å²) in [4.78, 5) is 33.8. The molecule has 1 aliphatic rings. The van der Waals surface area contributed by atoms with Crippen LogP contribution in [-0.4, -0.2) is 40.8 Å². The Morgan fingerprint density at radius 2 is 1.76 bits per heavy atom. The molecule has 1 heterocycles. The topological polar surface area (TPSA) is 113 Å². The van der Waals surface area contributed by atoms with Crippen LogP contribution in [0.25, 0.3) is 0 Å².